The standard InChI is InChI=1S/C41H42ClF2N7O4/c1-25-19-33(46-34(20-25)50(22-26-7-11-29(53-5)12-8-26)23-27-9-13-30(54-6)14-10-27)35-32(42)21-31-37(36(35)43)47-39(44)48-38(31)49-17-18-51(28(24-49)15-16-45)40(52)55-41(2,3)4/h7-14,19-21,28H,15,17-18,22-24H2,1-6H3. The van der Waals surface area contributed by atoms with Gasteiger partial charge in [0.05, 0.1) is 49.0 Å². The smallest absolute Gasteiger partial charge is 0.410 e. The van der Waals surface area contributed by atoms with Crippen LogP contribution in [0, 0.1) is 30.2 Å². The second-order valence-electron chi connectivity index (χ2n) is 14.3. The second-order valence-corrected chi connectivity index (χ2v) is 14.7. The molecule has 5 aromatic rings. The van der Waals surface area contributed by atoms with Gasteiger partial charge < -0.3 is 28.9 Å². The number of aryl methyl sites for hydroxylation is 1. The third-order valence-corrected chi connectivity index (χ3v) is 9.47. The van der Waals surface area contributed by atoms with Crippen molar-refractivity contribution in [3.63, 3.8) is 0 Å². The van der Waals surface area contributed by atoms with Crippen LogP contribution < -0.4 is 19.3 Å². The van der Waals surface area contributed by atoms with Crippen LogP contribution in [0.25, 0.3) is 22.2 Å². The van der Waals surface area contributed by atoms with E-state index in [1.54, 1.807) is 46.0 Å². The summed E-state index contributed by atoms with van der Waals surface area (Å²) in [7, 11) is 3.23. The van der Waals surface area contributed by atoms with Crippen molar-refractivity contribution in [2.45, 2.75) is 58.8 Å². The Bertz CT molecular complexity index is 2180. The number of aromatic nitrogens is 3. The molecule has 0 N–H and O–H groups in total. The number of ether oxygens (including phenoxy) is 3. The molecule has 3 heterocycles. The first-order valence-corrected chi connectivity index (χ1v) is 18.1. The molecule has 11 nitrogen and oxygen atoms in total. The van der Waals surface area contributed by atoms with E-state index < -0.39 is 29.6 Å². The van der Waals surface area contributed by atoms with Crippen LogP contribution >= 0.6 is 11.6 Å². The zero-order valence-corrected chi connectivity index (χ0v) is 32.3. The molecular weight excluding hydrogens is 728 g/mol. The highest BCUT2D eigenvalue weighted by atomic mass is 35.5. The summed E-state index contributed by atoms with van der Waals surface area (Å²) in [4.78, 5) is 31.1. The van der Waals surface area contributed by atoms with Crippen LogP contribution in [0.15, 0.2) is 66.7 Å². The van der Waals surface area contributed by atoms with Gasteiger partial charge in [-0.2, -0.15) is 19.6 Å². The number of benzene rings is 3. The van der Waals surface area contributed by atoms with Crippen LogP contribution in [0.3, 0.4) is 0 Å². The van der Waals surface area contributed by atoms with E-state index in [1.165, 1.54) is 11.0 Å². The van der Waals surface area contributed by atoms with Gasteiger partial charge in [-0.05, 0) is 86.8 Å². The lowest BCUT2D eigenvalue weighted by Crippen LogP contribution is -2.56. The van der Waals surface area contributed by atoms with E-state index in [9.17, 15) is 10.1 Å². The van der Waals surface area contributed by atoms with Crippen molar-refractivity contribution in [2.75, 3.05) is 43.7 Å². The highest BCUT2D eigenvalue weighted by Crippen LogP contribution is 2.39. The Hall–Kier alpha value is -5.74. The van der Waals surface area contributed by atoms with E-state index in [1.807, 2.05) is 61.5 Å². The molecule has 1 aliphatic rings. The number of hydrogen-bond acceptors (Lipinski definition) is 10. The third kappa shape index (κ3) is 8.98. The summed E-state index contributed by atoms with van der Waals surface area (Å²) >= 11 is 6.90. The highest BCUT2D eigenvalue weighted by Gasteiger charge is 2.35. The number of carbonyl (C=O) groups excluding carboxylic acids is 1. The molecule has 286 valence electrons. The second kappa shape index (κ2) is 16.3. The Kier molecular flexibility index (Phi) is 11.6. The lowest BCUT2D eigenvalue weighted by Gasteiger charge is -2.41. The molecule has 2 aromatic heterocycles. The fraction of sp³-hybridized carbons (Fsp3) is 0.341. The minimum absolute atomic E-state index is 0.00415. The van der Waals surface area contributed by atoms with Crippen molar-refractivity contribution >= 4 is 40.2 Å². The van der Waals surface area contributed by atoms with Crippen LogP contribution in [0.4, 0.5) is 25.2 Å². The average Bonchev–Trinajstić information content (AvgIpc) is 3.14. The number of amides is 1. The van der Waals surface area contributed by atoms with Crippen LogP contribution in [-0.4, -0.2) is 71.4 Å². The number of piperazine rings is 1. The lowest BCUT2D eigenvalue weighted by molar-refractivity contribution is 0.0145. The van der Waals surface area contributed by atoms with E-state index in [2.05, 4.69) is 20.9 Å². The SMILES string of the molecule is COc1ccc(CN(Cc2ccc(OC)cc2)c2cc(C)cc(-c3c(Cl)cc4c(N5CCN(C(=O)OC(C)(C)C)C(CC#N)C5)nc(F)nc4c3F)n2)cc1. The van der Waals surface area contributed by atoms with Gasteiger partial charge in [-0.25, -0.2) is 14.2 Å². The molecule has 0 bridgehead atoms. The summed E-state index contributed by atoms with van der Waals surface area (Å²) in [6, 6.07) is 22.1. The summed E-state index contributed by atoms with van der Waals surface area (Å²) in [6.45, 7) is 8.61. The minimum atomic E-state index is -1.14. The number of nitriles is 1. The van der Waals surface area contributed by atoms with Crippen molar-refractivity contribution in [2.24, 2.45) is 0 Å². The summed E-state index contributed by atoms with van der Waals surface area (Å²) in [6.07, 6.45) is -1.69. The van der Waals surface area contributed by atoms with Gasteiger partial charge in [-0.1, -0.05) is 35.9 Å². The first-order chi connectivity index (χ1) is 26.3. The summed E-state index contributed by atoms with van der Waals surface area (Å²) in [5.41, 5.74) is 2.00. The minimum Gasteiger partial charge on any atom is -0.497 e. The van der Waals surface area contributed by atoms with E-state index in [0.717, 1.165) is 28.2 Å². The zero-order valence-electron chi connectivity index (χ0n) is 31.6. The van der Waals surface area contributed by atoms with Gasteiger partial charge in [0.15, 0.2) is 5.82 Å². The van der Waals surface area contributed by atoms with Gasteiger partial charge in [0.2, 0.25) is 0 Å². The van der Waals surface area contributed by atoms with E-state index in [0.29, 0.717) is 18.9 Å². The van der Waals surface area contributed by atoms with E-state index in [-0.39, 0.29) is 59.1 Å². The highest BCUT2D eigenvalue weighted by molar-refractivity contribution is 6.34. The van der Waals surface area contributed by atoms with Crippen molar-refractivity contribution in [1.82, 2.24) is 19.9 Å². The number of hydrogen-bond donors (Lipinski definition) is 0. The molecule has 3 aromatic carbocycles. The number of halogens is 3. The van der Waals surface area contributed by atoms with Crippen molar-refractivity contribution < 1.29 is 27.8 Å². The summed E-state index contributed by atoms with van der Waals surface area (Å²) in [5.74, 6) is 1.28. The molecule has 0 radical (unpaired) electrons. The molecular formula is C41H42ClF2N7O4. The van der Waals surface area contributed by atoms with E-state index in [4.69, 9.17) is 30.8 Å². The van der Waals surface area contributed by atoms with Gasteiger partial charge in [0.1, 0.15) is 34.3 Å². The average molecular weight is 770 g/mol. The molecule has 1 aliphatic heterocycles. The van der Waals surface area contributed by atoms with Gasteiger partial charge >= 0.3 is 12.2 Å². The number of fused-ring (bicyclic) bond motifs is 1. The number of carbonyl (C=O) groups is 1. The molecule has 14 heteroatoms. The van der Waals surface area contributed by atoms with Crippen LogP contribution in [-0.2, 0) is 17.8 Å². The Morgan fingerprint density at radius 1 is 0.945 bits per heavy atom. The van der Waals surface area contributed by atoms with Crippen molar-refractivity contribution in [3.05, 3.63) is 100 Å². The molecule has 55 heavy (non-hydrogen) atoms. The topological polar surface area (TPSA) is 117 Å². The number of pyridine rings is 1. The van der Waals surface area contributed by atoms with E-state index >= 15 is 8.78 Å². The molecule has 1 fully saturated rings. The maximum Gasteiger partial charge on any atom is 0.410 e. The molecule has 0 spiro atoms. The monoisotopic (exact) mass is 769 g/mol. The maximum atomic E-state index is 16.8. The largest absolute Gasteiger partial charge is 0.497 e. The normalized spacial score (nSPS) is 14.4. The fourth-order valence-electron chi connectivity index (χ4n) is 6.58. The van der Waals surface area contributed by atoms with Crippen LogP contribution in [0.2, 0.25) is 5.02 Å². The first kappa shape index (κ1) is 39.0. The quantitative estimate of drug-likeness (QED) is 0.128. The third-order valence-electron chi connectivity index (χ3n) is 9.17. The van der Waals surface area contributed by atoms with Gasteiger partial charge in [0, 0.05) is 38.1 Å². The Labute approximate surface area is 324 Å². The van der Waals surface area contributed by atoms with Gasteiger partial charge in [0.25, 0.3) is 0 Å². The summed E-state index contributed by atoms with van der Waals surface area (Å²) < 4.78 is 48.3. The van der Waals surface area contributed by atoms with Gasteiger partial charge in [-0.15, -0.1) is 0 Å². The van der Waals surface area contributed by atoms with Crippen molar-refractivity contribution in [3.8, 4) is 28.8 Å². The Morgan fingerprint density at radius 3 is 2.13 bits per heavy atom. The molecule has 0 aliphatic carbocycles. The molecule has 1 amide bonds. The van der Waals surface area contributed by atoms with Crippen LogP contribution in [0.1, 0.15) is 43.9 Å². The molecule has 1 saturated heterocycles. The summed E-state index contributed by atoms with van der Waals surface area (Å²) in [5, 5.41) is 9.79. The van der Waals surface area contributed by atoms with Gasteiger partial charge in [-0.3, -0.25) is 0 Å². The zero-order chi connectivity index (χ0) is 39.4. The number of rotatable bonds is 10. The number of nitrogens with zero attached hydrogens (tertiary/aromatic N) is 7. The molecule has 1 unspecified atom stereocenters. The molecule has 0 saturated carbocycles. The fourth-order valence-corrected chi connectivity index (χ4v) is 6.87. The molecule has 6 rings (SSSR count). The number of methoxy groups -OCH3 is 2. The predicted molar refractivity (Wildman–Crippen MR) is 207 cm³/mol. The van der Waals surface area contributed by atoms with Crippen LogP contribution in [0.5, 0.6) is 11.5 Å². The number of anilines is 2. The molecule has 1 atom stereocenters. The lowest BCUT2D eigenvalue weighted by atomic mass is 10.0. The Balaban J connectivity index is 1.38. The van der Waals surface area contributed by atoms with Crippen molar-refractivity contribution in [1.29, 1.82) is 5.26 Å². The Morgan fingerprint density at radius 2 is 1.56 bits per heavy atom. The predicted octanol–water partition coefficient (Wildman–Crippen LogP) is 8.50. The first-order valence-electron chi connectivity index (χ1n) is 17.7. The maximum absolute atomic E-state index is 16.8.